The molecule has 0 saturated heterocycles. The molecule has 3 aromatic rings. The number of rotatable bonds is 7. The van der Waals surface area contributed by atoms with Gasteiger partial charge in [-0.05, 0) is 71.3 Å². The Labute approximate surface area is 175 Å². The number of esters is 2. The van der Waals surface area contributed by atoms with E-state index in [4.69, 9.17) is 9.47 Å². The highest BCUT2D eigenvalue weighted by molar-refractivity contribution is 7.22. The van der Waals surface area contributed by atoms with Crippen LogP contribution < -0.4 is 9.47 Å². The quantitative estimate of drug-likeness (QED) is 0.331. The third-order valence-electron chi connectivity index (χ3n) is 4.24. The third-order valence-corrected chi connectivity index (χ3v) is 5.39. The highest BCUT2D eigenvalue weighted by atomic mass is 32.1. The first-order chi connectivity index (χ1) is 13.8. The standard InChI is InChI=1S/C24H26O4S/c1-15(2)11-23(25)27-19-8-5-17(6-9-19)21-13-18-7-10-20(14-22(18)29-21)28-24(26)12-16(3)4/h5-10,13-16H,11-12H2,1-4H3. The van der Waals surface area contributed by atoms with E-state index in [0.29, 0.717) is 24.3 Å². The molecule has 1 heterocycles. The van der Waals surface area contributed by atoms with E-state index in [2.05, 4.69) is 6.07 Å². The third kappa shape index (κ3) is 5.91. The van der Waals surface area contributed by atoms with Crippen LogP contribution in [0.15, 0.2) is 48.5 Å². The molecule has 0 N–H and O–H groups in total. The lowest BCUT2D eigenvalue weighted by molar-refractivity contribution is -0.136. The maximum Gasteiger partial charge on any atom is 0.311 e. The van der Waals surface area contributed by atoms with Crippen LogP contribution in [0.3, 0.4) is 0 Å². The van der Waals surface area contributed by atoms with Crippen LogP contribution in [0.2, 0.25) is 0 Å². The second kappa shape index (κ2) is 9.23. The van der Waals surface area contributed by atoms with Gasteiger partial charge in [-0.25, -0.2) is 0 Å². The van der Waals surface area contributed by atoms with Crippen LogP contribution in [0.5, 0.6) is 11.5 Å². The van der Waals surface area contributed by atoms with Crippen LogP contribution in [0.4, 0.5) is 0 Å². The predicted molar refractivity (Wildman–Crippen MR) is 117 cm³/mol. The Hall–Kier alpha value is -2.66. The van der Waals surface area contributed by atoms with Crippen molar-refractivity contribution in [1.82, 2.24) is 0 Å². The highest BCUT2D eigenvalue weighted by Gasteiger charge is 2.11. The summed E-state index contributed by atoms with van der Waals surface area (Å²) in [5, 5.41) is 1.10. The van der Waals surface area contributed by atoms with Gasteiger partial charge in [0.2, 0.25) is 0 Å². The summed E-state index contributed by atoms with van der Waals surface area (Å²) < 4.78 is 11.9. The molecule has 1 aromatic heterocycles. The lowest BCUT2D eigenvalue weighted by atomic mass is 10.1. The van der Waals surface area contributed by atoms with Crippen LogP contribution in [0, 0.1) is 11.8 Å². The van der Waals surface area contributed by atoms with Gasteiger partial charge >= 0.3 is 11.9 Å². The molecule has 0 radical (unpaired) electrons. The Morgan fingerprint density at radius 1 is 0.793 bits per heavy atom. The summed E-state index contributed by atoms with van der Waals surface area (Å²) in [6, 6.07) is 15.3. The van der Waals surface area contributed by atoms with Crippen molar-refractivity contribution in [3.05, 3.63) is 48.5 Å². The second-order valence-corrected chi connectivity index (χ2v) is 9.06. The van der Waals surface area contributed by atoms with Crippen LogP contribution >= 0.6 is 11.3 Å². The molecule has 0 aliphatic heterocycles. The van der Waals surface area contributed by atoms with Crippen LogP contribution in [-0.2, 0) is 9.59 Å². The van der Waals surface area contributed by atoms with E-state index >= 15 is 0 Å². The zero-order chi connectivity index (χ0) is 21.0. The fourth-order valence-corrected chi connectivity index (χ4v) is 4.01. The molecule has 29 heavy (non-hydrogen) atoms. The molecule has 152 valence electrons. The van der Waals surface area contributed by atoms with Gasteiger partial charge in [-0.2, -0.15) is 0 Å². The van der Waals surface area contributed by atoms with E-state index in [1.54, 1.807) is 11.3 Å². The predicted octanol–water partition coefficient (Wildman–Crippen LogP) is 6.47. The van der Waals surface area contributed by atoms with E-state index in [1.807, 2.05) is 70.2 Å². The van der Waals surface area contributed by atoms with Gasteiger partial charge < -0.3 is 9.47 Å². The molecule has 2 aromatic carbocycles. The van der Waals surface area contributed by atoms with Crippen molar-refractivity contribution >= 4 is 33.4 Å². The van der Waals surface area contributed by atoms with Gasteiger partial charge in [-0.1, -0.05) is 27.7 Å². The first-order valence-electron chi connectivity index (χ1n) is 9.85. The molecule has 0 fully saturated rings. The summed E-state index contributed by atoms with van der Waals surface area (Å²) in [6.07, 6.45) is 0.809. The number of carbonyl (C=O) groups excluding carboxylic acids is 2. The fourth-order valence-electron chi connectivity index (χ4n) is 2.92. The summed E-state index contributed by atoms with van der Waals surface area (Å²) in [5.41, 5.74) is 1.05. The zero-order valence-electron chi connectivity index (χ0n) is 17.2. The minimum Gasteiger partial charge on any atom is -0.427 e. The molecule has 0 spiro atoms. The summed E-state index contributed by atoms with van der Waals surface area (Å²) in [5.74, 6) is 1.25. The lowest BCUT2D eigenvalue weighted by Gasteiger charge is -2.06. The number of carbonyl (C=O) groups is 2. The zero-order valence-corrected chi connectivity index (χ0v) is 18.0. The average Bonchev–Trinajstić information content (AvgIpc) is 3.04. The van der Waals surface area contributed by atoms with Crippen LogP contribution in [0.25, 0.3) is 20.5 Å². The molecule has 0 atom stereocenters. The van der Waals surface area contributed by atoms with Crippen molar-refractivity contribution in [3.8, 4) is 21.9 Å². The van der Waals surface area contributed by atoms with Crippen molar-refractivity contribution in [2.75, 3.05) is 0 Å². The number of thiophene rings is 1. The summed E-state index contributed by atoms with van der Waals surface area (Å²) >= 11 is 1.63. The van der Waals surface area contributed by atoms with Gasteiger partial charge in [0.15, 0.2) is 0 Å². The SMILES string of the molecule is CC(C)CC(=O)Oc1ccc(-c2cc3ccc(OC(=O)CC(C)C)cc3s2)cc1. The number of hydrogen-bond acceptors (Lipinski definition) is 5. The van der Waals surface area contributed by atoms with Crippen molar-refractivity contribution in [2.45, 2.75) is 40.5 Å². The Bertz CT molecular complexity index is 999. The summed E-state index contributed by atoms with van der Waals surface area (Å²) in [6.45, 7) is 7.96. The molecule has 0 amide bonds. The summed E-state index contributed by atoms with van der Waals surface area (Å²) in [7, 11) is 0. The van der Waals surface area contributed by atoms with Crippen molar-refractivity contribution in [3.63, 3.8) is 0 Å². The highest BCUT2D eigenvalue weighted by Crippen LogP contribution is 2.36. The molecular weight excluding hydrogens is 384 g/mol. The normalized spacial score (nSPS) is 11.2. The number of fused-ring (bicyclic) bond motifs is 1. The lowest BCUT2D eigenvalue weighted by Crippen LogP contribution is -2.10. The molecule has 3 rings (SSSR count). The fraction of sp³-hybridized carbons (Fsp3) is 0.333. The van der Waals surface area contributed by atoms with E-state index < -0.39 is 0 Å². The first-order valence-corrected chi connectivity index (χ1v) is 10.7. The average molecular weight is 411 g/mol. The minimum atomic E-state index is -0.214. The van der Waals surface area contributed by atoms with Crippen molar-refractivity contribution in [2.24, 2.45) is 11.8 Å². The molecule has 0 bridgehead atoms. The van der Waals surface area contributed by atoms with Crippen molar-refractivity contribution in [1.29, 1.82) is 0 Å². The van der Waals surface area contributed by atoms with Crippen molar-refractivity contribution < 1.29 is 19.1 Å². The van der Waals surface area contributed by atoms with Crippen LogP contribution in [0.1, 0.15) is 40.5 Å². The topological polar surface area (TPSA) is 52.6 Å². The van der Waals surface area contributed by atoms with Crippen LogP contribution in [-0.4, -0.2) is 11.9 Å². The molecule has 5 heteroatoms. The Morgan fingerprint density at radius 2 is 1.34 bits per heavy atom. The molecule has 0 saturated carbocycles. The molecule has 0 unspecified atom stereocenters. The monoisotopic (exact) mass is 410 g/mol. The number of benzene rings is 2. The minimum absolute atomic E-state index is 0.210. The van der Waals surface area contributed by atoms with E-state index in [9.17, 15) is 9.59 Å². The second-order valence-electron chi connectivity index (χ2n) is 7.98. The molecule has 0 aliphatic carbocycles. The van der Waals surface area contributed by atoms with Gasteiger partial charge in [-0.15, -0.1) is 11.3 Å². The van der Waals surface area contributed by atoms with E-state index in [-0.39, 0.29) is 23.8 Å². The first kappa shape index (κ1) is 21.1. The molecule has 0 aliphatic rings. The number of ether oxygens (including phenoxy) is 2. The van der Waals surface area contributed by atoms with Gasteiger partial charge in [0, 0.05) is 22.4 Å². The Kier molecular flexibility index (Phi) is 6.70. The van der Waals surface area contributed by atoms with E-state index in [1.165, 1.54) is 0 Å². The Morgan fingerprint density at radius 3 is 1.93 bits per heavy atom. The summed E-state index contributed by atoms with van der Waals surface area (Å²) in [4.78, 5) is 24.8. The van der Waals surface area contributed by atoms with Gasteiger partial charge in [-0.3, -0.25) is 9.59 Å². The smallest absolute Gasteiger partial charge is 0.311 e. The largest absolute Gasteiger partial charge is 0.427 e. The number of hydrogen-bond donors (Lipinski definition) is 0. The Balaban J connectivity index is 1.73. The maximum atomic E-state index is 11.9. The van der Waals surface area contributed by atoms with E-state index in [0.717, 1.165) is 20.5 Å². The van der Waals surface area contributed by atoms with Gasteiger partial charge in [0.05, 0.1) is 0 Å². The van der Waals surface area contributed by atoms with Gasteiger partial charge in [0.1, 0.15) is 11.5 Å². The van der Waals surface area contributed by atoms with Gasteiger partial charge in [0.25, 0.3) is 0 Å². The molecular formula is C24H26O4S. The maximum absolute atomic E-state index is 11.9. The molecule has 4 nitrogen and oxygen atoms in total.